The number of carbonyl (C=O) groups excluding carboxylic acids is 1. The van der Waals surface area contributed by atoms with E-state index in [-0.39, 0.29) is 18.1 Å². The van der Waals surface area contributed by atoms with Crippen molar-refractivity contribution < 1.29 is 9.53 Å². The number of nitrogens with zero attached hydrogens (tertiary/aromatic N) is 1. The minimum atomic E-state index is -0.472. The fraction of sp³-hybridized carbons (Fsp3) is 0.533. The molecule has 0 bridgehead atoms. The van der Waals surface area contributed by atoms with Gasteiger partial charge in [0.2, 0.25) is 5.91 Å². The zero-order chi connectivity index (χ0) is 13.8. The predicted molar refractivity (Wildman–Crippen MR) is 74.7 cm³/mol. The largest absolute Gasteiger partial charge is 0.372 e. The summed E-state index contributed by atoms with van der Waals surface area (Å²) in [5, 5.41) is 0. The van der Waals surface area contributed by atoms with E-state index in [0.717, 1.165) is 5.56 Å². The van der Waals surface area contributed by atoms with Gasteiger partial charge in [-0.1, -0.05) is 30.3 Å². The number of hydrogen-bond donors (Lipinski definition) is 1. The molecule has 0 aromatic heterocycles. The first-order chi connectivity index (χ1) is 9.06. The average Bonchev–Trinajstić information content (AvgIpc) is 2.37. The molecule has 19 heavy (non-hydrogen) atoms. The summed E-state index contributed by atoms with van der Waals surface area (Å²) in [6.07, 6.45) is 0.744. The molecule has 1 aromatic carbocycles. The van der Waals surface area contributed by atoms with Crippen molar-refractivity contribution in [1.29, 1.82) is 0 Å². The number of benzene rings is 1. The van der Waals surface area contributed by atoms with E-state index in [9.17, 15) is 4.79 Å². The van der Waals surface area contributed by atoms with Gasteiger partial charge in [0.05, 0.1) is 18.2 Å². The molecule has 3 atom stereocenters. The standard InChI is InChI=1S/C15H22N2O2/c1-11-9-17(10-12(2)19-11)15(18)14(16)8-13-6-4-3-5-7-13/h3-7,11-12,14H,8-10,16H2,1-2H3/t11-,12+,14?. The van der Waals surface area contributed by atoms with Crippen molar-refractivity contribution in [2.24, 2.45) is 5.73 Å². The Labute approximate surface area is 114 Å². The molecular formula is C15H22N2O2. The normalized spacial score (nSPS) is 25.1. The van der Waals surface area contributed by atoms with Gasteiger partial charge in [0.25, 0.3) is 0 Å². The molecule has 0 aliphatic carbocycles. The molecule has 104 valence electrons. The van der Waals surface area contributed by atoms with Crippen LogP contribution >= 0.6 is 0 Å². The first-order valence-electron chi connectivity index (χ1n) is 6.80. The van der Waals surface area contributed by atoms with Crippen LogP contribution in [0.15, 0.2) is 30.3 Å². The molecule has 0 spiro atoms. The van der Waals surface area contributed by atoms with Gasteiger partial charge in [-0.25, -0.2) is 0 Å². The maximum Gasteiger partial charge on any atom is 0.240 e. The van der Waals surface area contributed by atoms with Crippen LogP contribution in [0.3, 0.4) is 0 Å². The molecule has 1 unspecified atom stereocenters. The van der Waals surface area contributed by atoms with Crippen LogP contribution in [0.4, 0.5) is 0 Å². The fourth-order valence-electron chi connectivity index (χ4n) is 2.55. The highest BCUT2D eigenvalue weighted by Gasteiger charge is 2.28. The molecule has 4 heteroatoms. The van der Waals surface area contributed by atoms with Gasteiger partial charge in [-0.15, -0.1) is 0 Å². The van der Waals surface area contributed by atoms with Crippen LogP contribution in [0, 0.1) is 0 Å². The number of amides is 1. The van der Waals surface area contributed by atoms with Gasteiger partial charge in [-0.2, -0.15) is 0 Å². The molecule has 2 rings (SSSR count). The first-order valence-corrected chi connectivity index (χ1v) is 6.80. The maximum absolute atomic E-state index is 12.3. The summed E-state index contributed by atoms with van der Waals surface area (Å²) in [6, 6.07) is 9.41. The Morgan fingerprint density at radius 2 is 1.89 bits per heavy atom. The second-order valence-corrected chi connectivity index (χ2v) is 5.30. The third-order valence-corrected chi connectivity index (χ3v) is 3.35. The Bertz CT molecular complexity index is 411. The minimum Gasteiger partial charge on any atom is -0.372 e. The van der Waals surface area contributed by atoms with Crippen molar-refractivity contribution in [2.75, 3.05) is 13.1 Å². The maximum atomic E-state index is 12.3. The molecule has 4 nitrogen and oxygen atoms in total. The number of hydrogen-bond acceptors (Lipinski definition) is 3. The van der Waals surface area contributed by atoms with Crippen molar-refractivity contribution in [3.63, 3.8) is 0 Å². The Kier molecular flexibility index (Phi) is 4.56. The van der Waals surface area contributed by atoms with Gasteiger partial charge < -0.3 is 15.4 Å². The summed E-state index contributed by atoms with van der Waals surface area (Å²) in [6.45, 7) is 5.23. The van der Waals surface area contributed by atoms with E-state index < -0.39 is 6.04 Å². The van der Waals surface area contributed by atoms with Crippen LogP contribution in [0.25, 0.3) is 0 Å². The van der Waals surface area contributed by atoms with Crippen molar-refractivity contribution in [2.45, 2.75) is 38.5 Å². The monoisotopic (exact) mass is 262 g/mol. The SMILES string of the molecule is C[C@@H]1CN(C(=O)C(N)Cc2ccccc2)C[C@H](C)O1. The third kappa shape index (κ3) is 3.78. The highest BCUT2D eigenvalue weighted by atomic mass is 16.5. The lowest BCUT2D eigenvalue weighted by Crippen LogP contribution is -2.53. The van der Waals surface area contributed by atoms with Gasteiger partial charge in [-0.05, 0) is 25.8 Å². The van der Waals surface area contributed by atoms with E-state index >= 15 is 0 Å². The van der Waals surface area contributed by atoms with Crippen molar-refractivity contribution in [1.82, 2.24) is 4.90 Å². The lowest BCUT2D eigenvalue weighted by molar-refractivity contribution is -0.144. The molecule has 2 N–H and O–H groups in total. The topological polar surface area (TPSA) is 55.6 Å². The average molecular weight is 262 g/mol. The number of ether oxygens (including phenoxy) is 1. The highest BCUT2D eigenvalue weighted by molar-refractivity contribution is 5.82. The highest BCUT2D eigenvalue weighted by Crippen LogP contribution is 2.12. The Morgan fingerprint density at radius 3 is 2.47 bits per heavy atom. The number of rotatable bonds is 3. The molecule has 1 heterocycles. The Morgan fingerprint density at radius 1 is 1.32 bits per heavy atom. The van der Waals surface area contributed by atoms with Crippen LogP contribution in [0.1, 0.15) is 19.4 Å². The molecule has 1 aliphatic rings. The predicted octanol–water partition coefficient (Wildman–Crippen LogP) is 1.19. The molecule has 1 fully saturated rings. The van der Waals surface area contributed by atoms with E-state index in [1.807, 2.05) is 49.1 Å². The molecule has 1 amide bonds. The molecule has 0 saturated carbocycles. The lowest BCUT2D eigenvalue weighted by Gasteiger charge is -2.36. The van der Waals surface area contributed by atoms with Gasteiger partial charge in [0, 0.05) is 13.1 Å². The van der Waals surface area contributed by atoms with Crippen LogP contribution in [-0.2, 0) is 16.0 Å². The van der Waals surface area contributed by atoms with E-state index in [1.165, 1.54) is 0 Å². The fourth-order valence-corrected chi connectivity index (χ4v) is 2.55. The summed E-state index contributed by atoms with van der Waals surface area (Å²) in [7, 11) is 0. The quantitative estimate of drug-likeness (QED) is 0.890. The Balaban J connectivity index is 1.95. The third-order valence-electron chi connectivity index (χ3n) is 3.35. The molecule has 1 aromatic rings. The number of nitrogens with two attached hydrogens (primary N) is 1. The zero-order valence-corrected chi connectivity index (χ0v) is 11.6. The lowest BCUT2D eigenvalue weighted by atomic mass is 10.0. The summed E-state index contributed by atoms with van der Waals surface area (Å²) < 4.78 is 5.63. The van der Waals surface area contributed by atoms with Crippen LogP contribution in [-0.4, -0.2) is 42.1 Å². The second-order valence-electron chi connectivity index (χ2n) is 5.30. The van der Waals surface area contributed by atoms with Gasteiger partial charge in [0.1, 0.15) is 0 Å². The summed E-state index contributed by atoms with van der Waals surface area (Å²) in [4.78, 5) is 14.2. The van der Waals surface area contributed by atoms with Crippen molar-refractivity contribution in [3.8, 4) is 0 Å². The van der Waals surface area contributed by atoms with Gasteiger partial charge >= 0.3 is 0 Å². The second kappa shape index (κ2) is 6.17. The van der Waals surface area contributed by atoms with Crippen LogP contribution in [0.2, 0.25) is 0 Å². The van der Waals surface area contributed by atoms with Crippen molar-refractivity contribution in [3.05, 3.63) is 35.9 Å². The van der Waals surface area contributed by atoms with E-state index in [1.54, 1.807) is 0 Å². The van der Waals surface area contributed by atoms with Crippen LogP contribution in [0.5, 0.6) is 0 Å². The summed E-state index contributed by atoms with van der Waals surface area (Å²) in [5.74, 6) is 0.0193. The molecule has 1 saturated heterocycles. The summed E-state index contributed by atoms with van der Waals surface area (Å²) >= 11 is 0. The van der Waals surface area contributed by atoms with Gasteiger partial charge in [-0.3, -0.25) is 4.79 Å². The van der Waals surface area contributed by atoms with Crippen LogP contribution < -0.4 is 5.73 Å². The van der Waals surface area contributed by atoms with E-state index in [4.69, 9.17) is 10.5 Å². The zero-order valence-electron chi connectivity index (χ0n) is 11.6. The first kappa shape index (κ1) is 14.0. The molecule has 0 radical (unpaired) electrons. The van der Waals surface area contributed by atoms with E-state index in [2.05, 4.69) is 0 Å². The number of morpholine rings is 1. The smallest absolute Gasteiger partial charge is 0.240 e. The van der Waals surface area contributed by atoms with Gasteiger partial charge in [0.15, 0.2) is 0 Å². The Hall–Kier alpha value is -1.39. The summed E-state index contributed by atoms with van der Waals surface area (Å²) in [5.41, 5.74) is 7.13. The minimum absolute atomic E-state index is 0.0193. The van der Waals surface area contributed by atoms with E-state index in [0.29, 0.717) is 19.5 Å². The molecule has 1 aliphatic heterocycles. The van der Waals surface area contributed by atoms with Crippen molar-refractivity contribution >= 4 is 5.91 Å². The molecular weight excluding hydrogens is 240 g/mol. The number of carbonyl (C=O) groups is 1.